The zero-order valence-electron chi connectivity index (χ0n) is 6.49. The van der Waals surface area contributed by atoms with E-state index in [1.54, 1.807) is 6.92 Å². The van der Waals surface area contributed by atoms with Gasteiger partial charge in [-0.2, -0.15) is 0 Å². The zero-order chi connectivity index (χ0) is 8.43. The largest absolute Gasteiger partial charge is 0.481 e. The number of rotatable bonds is 4. The van der Waals surface area contributed by atoms with E-state index in [0.717, 1.165) is 6.42 Å². The van der Waals surface area contributed by atoms with Crippen LogP contribution in [0.15, 0.2) is 0 Å². The SMILES string of the molecule is C[C@@H](CCC1O[C@H]1N)C(=O)O. The predicted octanol–water partition coefficient (Wildman–Crippen LogP) is 0.171. The van der Waals surface area contributed by atoms with Crippen molar-refractivity contribution in [2.45, 2.75) is 32.1 Å². The Hall–Kier alpha value is -0.610. The van der Waals surface area contributed by atoms with E-state index in [2.05, 4.69) is 0 Å². The summed E-state index contributed by atoms with van der Waals surface area (Å²) in [6.45, 7) is 1.69. The molecule has 1 rings (SSSR count). The Morgan fingerprint density at radius 1 is 1.82 bits per heavy atom. The average Bonchev–Trinajstić information content (AvgIpc) is 2.61. The molecular formula is C7H13NO3. The van der Waals surface area contributed by atoms with Gasteiger partial charge in [0.15, 0.2) is 0 Å². The summed E-state index contributed by atoms with van der Waals surface area (Å²) in [4.78, 5) is 10.3. The van der Waals surface area contributed by atoms with Gasteiger partial charge < -0.3 is 15.6 Å². The molecule has 0 bridgehead atoms. The van der Waals surface area contributed by atoms with Gasteiger partial charge in [0.05, 0.1) is 12.0 Å². The molecule has 4 heteroatoms. The highest BCUT2D eigenvalue weighted by Gasteiger charge is 2.34. The number of hydrogen-bond acceptors (Lipinski definition) is 3. The molecule has 0 aromatic rings. The first-order valence-corrected chi connectivity index (χ1v) is 3.75. The lowest BCUT2D eigenvalue weighted by atomic mass is 10.0. The summed E-state index contributed by atoms with van der Waals surface area (Å²) in [5, 5.41) is 8.51. The van der Waals surface area contributed by atoms with Gasteiger partial charge in [0.2, 0.25) is 0 Å². The van der Waals surface area contributed by atoms with Gasteiger partial charge in [0, 0.05) is 0 Å². The van der Waals surface area contributed by atoms with Gasteiger partial charge in [-0.3, -0.25) is 4.79 Å². The Labute approximate surface area is 65.3 Å². The molecular weight excluding hydrogens is 146 g/mol. The van der Waals surface area contributed by atoms with Gasteiger partial charge in [-0.25, -0.2) is 0 Å². The van der Waals surface area contributed by atoms with Crippen LogP contribution in [0, 0.1) is 5.92 Å². The lowest BCUT2D eigenvalue weighted by molar-refractivity contribution is -0.141. The van der Waals surface area contributed by atoms with Gasteiger partial charge in [-0.05, 0) is 12.8 Å². The maximum absolute atomic E-state index is 10.3. The first kappa shape index (κ1) is 8.49. The quantitative estimate of drug-likeness (QED) is 0.573. The van der Waals surface area contributed by atoms with Gasteiger partial charge in [-0.1, -0.05) is 6.92 Å². The van der Waals surface area contributed by atoms with Crippen LogP contribution in [0.25, 0.3) is 0 Å². The topological polar surface area (TPSA) is 75.8 Å². The molecule has 0 aliphatic carbocycles. The number of nitrogens with two attached hydrogens (primary N) is 1. The Morgan fingerprint density at radius 2 is 2.36 bits per heavy atom. The minimum absolute atomic E-state index is 0.108. The molecule has 64 valence electrons. The fraction of sp³-hybridized carbons (Fsp3) is 0.857. The van der Waals surface area contributed by atoms with E-state index in [9.17, 15) is 4.79 Å². The third-order valence-electron chi connectivity index (χ3n) is 1.93. The fourth-order valence-corrected chi connectivity index (χ4v) is 0.927. The number of hydrogen-bond donors (Lipinski definition) is 2. The highest BCUT2D eigenvalue weighted by molar-refractivity contribution is 5.69. The van der Waals surface area contributed by atoms with Crippen LogP contribution in [0.2, 0.25) is 0 Å². The maximum Gasteiger partial charge on any atom is 0.306 e. The number of aliphatic carboxylic acids is 1. The van der Waals surface area contributed by atoms with Crippen molar-refractivity contribution >= 4 is 5.97 Å². The maximum atomic E-state index is 10.3. The highest BCUT2D eigenvalue weighted by Crippen LogP contribution is 2.23. The van der Waals surface area contributed by atoms with Crippen LogP contribution in [-0.4, -0.2) is 23.4 Å². The Kier molecular flexibility index (Phi) is 2.46. The minimum atomic E-state index is -0.751. The van der Waals surface area contributed by atoms with E-state index in [1.165, 1.54) is 0 Å². The van der Waals surface area contributed by atoms with Crippen molar-refractivity contribution in [1.82, 2.24) is 0 Å². The van der Waals surface area contributed by atoms with Crippen LogP contribution in [0.3, 0.4) is 0 Å². The molecule has 0 aromatic carbocycles. The molecule has 0 aromatic heterocycles. The van der Waals surface area contributed by atoms with Crippen molar-refractivity contribution < 1.29 is 14.6 Å². The third kappa shape index (κ3) is 2.48. The molecule has 11 heavy (non-hydrogen) atoms. The van der Waals surface area contributed by atoms with Crippen molar-refractivity contribution in [1.29, 1.82) is 0 Å². The predicted molar refractivity (Wildman–Crippen MR) is 38.9 cm³/mol. The fourth-order valence-electron chi connectivity index (χ4n) is 0.927. The first-order valence-electron chi connectivity index (χ1n) is 3.75. The van der Waals surface area contributed by atoms with Crippen molar-refractivity contribution in [3.05, 3.63) is 0 Å². The molecule has 1 heterocycles. The van der Waals surface area contributed by atoms with E-state index in [1.807, 2.05) is 0 Å². The second-order valence-electron chi connectivity index (χ2n) is 2.96. The summed E-state index contributed by atoms with van der Waals surface area (Å²) < 4.78 is 4.93. The molecule has 3 N–H and O–H groups in total. The molecule has 1 fully saturated rings. The Morgan fingerprint density at radius 3 is 2.73 bits per heavy atom. The van der Waals surface area contributed by atoms with Crippen LogP contribution < -0.4 is 5.73 Å². The van der Waals surface area contributed by atoms with E-state index in [-0.39, 0.29) is 18.2 Å². The molecule has 1 saturated heterocycles. The van der Waals surface area contributed by atoms with Crippen molar-refractivity contribution in [2.75, 3.05) is 0 Å². The minimum Gasteiger partial charge on any atom is -0.481 e. The summed E-state index contributed by atoms with van der Waals surface area (Å²) in [5.74, 6) is -1.04. The van der Waals surface area contributed by atoms with Gasteiger partial charge in [0.25, 0.3) is 0 Å². The van der Waals surface area contributed by atoms with Gasteiger partial charge in [-0.15, -0.1) is 0 Å². The third-order valence-corrected chi connectivity index (χ3v) is 1.93. The molecule has 0 radical (unpaired) electrons. The van der Waals surface area contributed by atoms with Crippen molar-refractivity contribution in [2.24, 2.45) is 11.7 Å². The molecule has 0 amide bonds. The van der Waals surface area contributed by atoms with Gasteiger partial charge in [0.1, 0.15) is 6.23 Å². The van der Waals surface area contributed by atoms with Crippen LogP contribution in [0.5, 0.6) is 0 Å². The molecule has 1 aliphatic rings. The van der Waals surface area contributed by atoms with Crippen LogP contribution in [0.4, 0.5) is 0 Å². The van der Waals surface area contributed by atoms with Crippen molar-refractivity contribution in [3.63, 3.8) is 0 Å². The number of carboxylic acids is 1. The summed E-state index contributed by atoms with van der Waals surface area (Å²) in [7, 11) is 0. The van der Waals surface area contributed by atoms with Crippen LogP contribution in [0.1, 0.15) is 19.8 Å². The van der Waals surface area contributed by atoms with Crippen LogP contribution >= 0.6 is 0 Å². The number of carbonyl (C=O) groups is 1. The molecule has 4 nitrogen and oxygen atoms in total. The normalized spacial score (nSPS) is 31.5. The monoisotopic (exact) mass is 159 g/mol. The number of ether oxygens (including phenoxy) is 1. The summed E-state index contributed by atoms with van der Waals surface area (Å²) in [6, 6.07) is 0. The number of carboxylic acid groups (broad SMARTS) is 1. The van der Waals surface area contributed by atoms with E-state index < -0.39 is 5.97 Å². The molecule has 3 atom stereocenters. The second kappa shape index (κ2) is 3.19. The Balaban J connectivity index is 2.07. The second-order valence-corrected chi connectivity index (χ2v) is 2.96. The highest BCUT2D eigenvalue weighted by atomic mass is 16.6. The van der Waals surface area contributed by atoms with E-state index in [4.69, 9.17) is 15.6 Å². The van der Waals surface area contributed by atoms with Crippen LogP contribution in [-0.2, 0) is 9.53 Å². The smallest absolute Gasteiger partial charge is 0.306 e. The van der Waals surface area contributed by atoms with E-state index >= 15 is 0 Å². The lowest BCUT2D eigenvalue weighted by Crippen LogP contribution is -2.12. The Bertz CT molecular complexity index is 160. The first-order chi connectivity index (χ1) is 5.11. The van der Waals surface area contributed by atoms with Crippen molar-refractivity contribution in [3.8, 4) is 0 Å². The average molecular weight is 159 g/mol. The van der Waals surface area contributed by atoms with E-state index in [0.29, 0.717) is 6.42 Å². The number of epoxide rings is 1. The molecule has 0 spiro atoms. The summed E-state index contributed by atoms with van der Waals surface area (Å²) in [5.41, 5.74) is 5.36. The molecule has 1 aliphatic heterocycles. The summed E-state index contributed by atoms with van der Waals surface area (Å²) in [6.07, 6.45) is 1.37. The van der Waals surface area contributed by atoms with Gasteiger partial charge >= 0.3 is 5.97 Å². The standard InChI is InChI=1S/C7H13NO3/c1-4(7(9)10)2-3-5-6(8)11-5/h4-6H,2-3,8H2,1H3,(H,9,10)/t4-,5?,6+/m0/s1. The summed E-state index contributed by atoms with van der Waals surface area (Å²) >= 11 is 0. The molecule has 0 saturated carbocycles. The molecule has 1 unspecified atom stereocenters. The zero-order valence-corrected chi connectivity index (χ0v) is 6.49. The lowest BCUT2D eigenvalue weighted by Gasteiger charge is -2.02.